The zero-order chi connectivity index (χ0) is 19.1. The largest absolute Gasteiger partial charge is 0.351 e. The Morgan fingerprint density at radius 2 is 2.07 bits per heavy atom. The van der Waals surface area contributed by atoms with Gasteiger partial charge in [-0.15, -0.1) is 11.3 Å². The number of carbonyl (C=O) groups excluding carboxylic acids is 1. The fraction of sp³-hybridized carbons (Fsp3) is 0.476. The van der Waals surface area contributed by atoms with Crippen molar-refractivity contribution < 1.29 is 4.79 Å². The summed E-state index contributed by atoms with van der Waals surface area (Å²) < 4.78 is 3.30. The van der Waals surface area contributed by atoms with Gasteiger partial charge < -0.3 is 5.32 Å². The van der Waals surface area contributed by atoms with E-state index in [9.17, 15) is 9.59 Å². The third-order valence-electron chi connectivity index (χ3n) is 5.99. The lowest BCUT2D eigenvalue weighted by Crippen LogP contribution is -2.45. The molecule has 3 aromatic rings. The summed E-state index contributed by atoms with van der Waals surface area (Å²) in [5.74, 6) is 0.937. The highest BCUT2D eigenvalue weighted by molar-refractivity contribution is 7.26. The maximum Gasteiger partial charge on any atom is 0.276 e. The van der Waals surface area contributed by atoms with Gasteiger partial charge in [0.1, 0.15) is 6.54 Å². The normalized spacial score (nSPS) is 23.0. The maximum atomic E-state index is 13.0. The smallest absolute Gasteiger partial charge is 0.276 e. The average Bonchev–Trinajstić information content (AvgIpc) is 3.04. The quantitative estimate of drug-likeness (QED) is 0.747. The van der Waals surface area contributed by atoms with E-state index in [1.54, 1.807) is 11.3 Å². The van der Waals surface area contributed by atoms with Crippen LogP contribution in [-0.4, -0.2) is 21.7 Å². The van der Waals surface area contributed by atoms with Crippen LogP contribution in [0.1, 0.15) is 38.8 Å². The molecular formula is C21H25N3O2S. The van der Waals surface area contributed by atoms with Crippen molar-refractivity contribution in [3.8, 4) is 0 Å². The number of hydrogen-bond acceptors (Lipinski definition) is 4. The summed E-state index contributed by atoms with van der Waals surface area (Å²) in [5.41, 5.74) is 0.603. The van der Waals surface area contributed by atoms with Crippen molar-refractivity contribution in [3.63, 3.8) is 0 Å². The van der Waals surface area contributed by atoms with Gasteiger partial charge >= 0.3 is 0 Å². The van der Waals surface area contributed by atoms with Crippen LogP contribution in [0, 0.1) is 18.8 Å². The van der Waals surface area contributed by atoms with Gasteiger partial charge in [0.2, 0.25) is 5.91 Å². The number of nitrogens with one attached hydrogen (secondary N) is 1. The SMILES string of the molecule is Cc1nn(CC(=O)N[C@@H]2CCC[C@@H](C)[C@H]2C)c(=O)c2c1sc1ccccc12. The first-order chi connectivity index (χ1) is 13.0. The second kappa shape index (κ2) is 7.08. The van der Waals surface area contributed by atoms with E-state index < -0.39 is 0 Å². The van der Waals surface area contributed by atoms with E-state index in [0.29, 0.717) is 17.2 Å². The zero-order valence-electron chi connectivity index (χ0n) is 16.0. The van der Waals surface area contributed by atoms with Gasteiger partial charge in [-0.3, -0.25) is 9.59 Å². The van der Waals surface area contributed by atoms with Crippen LogP contribution in [0.5, 0.6) is 0 Å². The molecule has 1 aromatic carbocycles. The number of thiophene rings is 1. The molecule has 27 heavy (non-hydrogen) atoms. The highest BCUT2D eigenvalue weighted by Gasteiger charge is 2.28. The summed E-state index contributed by atoms with van der Waals surface area (Å²) >= 11 is 1.58. The number of hydrogen-bond donors (Lipinski definition) is 1. The van der Waals surface area contributed by atoms with Crippen LogP contribution in [0.2, 0.25) is 0 Å². The molecule has 2 aromatic heterocycles. The maximum absolute atomic E-state index is 13.0. The summed E-state index contributed by atoms with van der Waals surface area (Å²) in [7, 11) is 0. The molecule has 1 N–H and O–H groups in total. The Labute approximate surface area is 162 Å². The predicted octanol–water partition coefficient (Wildman–Crippen LogP) is 3.86. The Morgan fingerprint density at radius 3 is 2.89 bits per heavy atom. The predicted molar refractivity (Wildman–Crippen MR) is 110 cm³/mol. The van der Waals surface area contributed by atoms with Gasteiger partial charge in [0.15, 0.2) is 0 Å². The number of nitrogens with zero attached hydrogens (tertiary/aromatic N) is 2. The van der Waals surface area contributed by atoms with Gasteiger partial charge in [-0.25, -0.2) is 4.68 Å². The van der Waals surface area contributed by atoms with Gasteiger partial charge in [-0.2, -0.15) is 5.10 Å². The summed E-state index contributed by atoms with van der Waals surface area (Å²) in [5, 5.41) is 9.17. The van der Waals surface area contributed by atoms with Gasteiger partial charge in [0.05, 0.1) is 15.8 Å². The summed E-state index contributed by atoms with van der Waals surface area (Å²) in [6.07, 6.45) is 3.36. The number of carbonyl (C=O) groups is 1. The van der Waals surface area contributed by atoms with E-state index in [0.717, 1.165) is 33.3 Å². The molecule has 0 unspecified atom stereocenters. The lowest BCUT2D eigenvalue weighted by molar-refractivity contribution is -0.123. The second-order valence-corrected chi connectivity index (χ2v) is 8.84. The Hall–Kier alpha value is -2.21. The molecule has 1 amide bonds. The van der Waals surface area contributed by atoms with Crippen LogP contribution in [0.15, 0.2) is 29.1 Å². The van der Waals surface area contributed by atoms with Crippen LogP contribution in [0.4, 0.5) is 0 Å². The lowest BCUT2D eigenvalue weighted by atomic mass is 9.78. The first-order valence-corrected chi connectivity index (χ1v) is 10.5. The molecular weight excluding hydrogens is 358 g/mol. The molecule has 1 fully saturated rings. The molecule has 4 rings (SSSR count). The second-order valence-electron chi connectivity index (χ2n) is 7.79. The summed E-state index contributed by atoms with van der Waals surface area (Å²) in [4.78, 5) is 25.7. The molecule has 0 spiro atoms. The number of rotatable bonds is 3. The number of amides is 1. The van der Waals surface area contributed by atoms with Crippen LogP contribution >= 0.6 is 11.3 Å². The summed E-state index contributed by atoms with van der Waals surface area (Å²) in [6.45, 7) is 6.31. The van der Waals surface area contributed by atoms with Gasteiger partial charge in [-0.1, -0.05) is 44.9 Å². The Bertz CT molecular complexity index is 1070. The number of benzene rings is 1. The first-order valence-electron chi connectivity index (χ1n) is 9.64. The molecule has 1 saturated carbocycles. The van der Waals surface area contributed by atoms with Crippen molar-refractivity contribution in [2.75, 3.05) is 0 Å². The van der Waals surface area contributed by atoms with Crippen LogP contribution < -0.4 is 10.9 Å². The highest BCUT2D eigenvalue weighted by Crippen LogP contribution is 2.32. The monoisotopic (exact) mass is 383 g/mol. The summed E-state index contributed by atoms with van der Waals surface area (Å²) in [6, 6.07) is 8.07. The van der Waals surface area contributed by atoms with Crippen LogP contribution in [0.3, 0.4) is 0 Å². The van der Waals surface area contributed by atoms with Crippen LogP contribution in [-0.2, 0) is 11.3 Å². The minimum atomic E-state index is -0.187. The number of aromatic nitrogens is 2. The highest BCUT2D eigenvalue weighted by atomic mass is 32.1. The molecule has 6 heteroatoms. The van der Waals surface area contributed by atoms with Crippen LogP contribution in [0.25, 0.3) is 20.2 Å². The van der Waals surface area contributed by atoms with Gasteiger partial charge in [0, 0.05) is 16.1 Å². The molecule has 1 aliphatic rings. The van der Waals surface area contributed by atoms with Crippen molar-refractivity contribution in [2.24, 2.45) is 11.8 Å². The molecule has 1 aliphatic carbocycles. The number of fused-ring (bicyclic) bond motifs is 3. The van der Waals surface area contributed by atoms with Crippen molar-refractivity contribution >= 4 is 37.4 Å². The Morgan fingerprint density at radius 1 is 1.30 bits per heavy atom. The molecule has 0 saturated heterocycles. The average molecular weight is 384 g/mol. The molecule has 2 heterocycles. The van der Waals surface area contributed by atoms with Gasteiger partial charge in [0.25, 0.3) is 5.56 Å². The van der Waals surface area contributed by atoms with Crippen molar-refractivity contribution in [1.82, 2.24) is 15.1 Å². The van der Waals surface area contributed by atoms with E-state index in [4.69, 9.17) is 0 Å². The molecule has 5 nitrogen and oxygen atoms in total. The van der Waals surface area contributed by atoms with E-state index in [1.165, 1.54) is 11.1 Å². The standard InChI is InChI=1S/C21H25N3O2S/c1-12-7-6-9-16(13(12)2)22-18(25)11-24-21(26)19-15-8-4-5-10-17(15)27-20(19)14(3)23-24/h4-5,8,10,12-13,16H,6-7,9,11H2,1-3H3,(H,22,25)/t12-,13-,16-/m1/s1. The fourth-order valence-electron chi connectivity index (χ4n) is 4.19. The van der Waals surface area contributed by atoms with E-state index >= 15 is 0 Å². The third kappa shape index (κ3) is 3.27. The van der Waals surface area contributed by atoms with E-state index in [2.05, 4.69) is 24.3 Å². The molecule has 0 radical (unpaired) electrons. The zero-order valence-corrected chi connectivity index (χ0v) is 16.8. The molecule has 142 valence electrons. The van der Waals surface area contributed by atoms with Crippen molar-refractivity contribution in [3.05, 3.63) is 40.3 Å². The molecule has 3 atom stereocenters. The lowest BCUT2D eigenvalue weighted by Gasteiger charge is -2.34. The van der Waals surface area contributed by atoms with Crippen molar-refractivity contribution in [2.45, 2.75) is 52.6 Å². The molecule has 0 bridgehead atoms. The van der Waals surface area contributed by atoms with E-state index in [1.807, 2.05) is 31.2 Å². The van der Waals surface area contributed by atoms with E-state index in [-0.39, 0.29) is 24.1 Å². The number of aryl methyl sites for hydroxylation is 1. The Balaban J connectivity index is 1.64. The first kappa shape index (κ1) is 18.2. The topological polar surface area (TPSA) is 64.0 Å². The van der Waals surface area contributed by atoms with Crippen molar-refractivity contribution in [1.29, 1.82) is 0 Å². The Kier molecular flexibility index (Phi) is 4.76. The third-order valence-corrected chi connectivity index (χ3v) is 7.27. The minimum Gasteiger partial charge on any atom is -0.351 e. The van der Waals surface area contributed by atoms with Gasteiger partial charge in [-0.05, 0) is 31.2 Å². The fourth-order valence-corrected chi connectivity index (χ4v) is 5.33. The minimum absolute atomic E-state index is 0.0304. The molecule has 0 aliphatic heterocycles.